The molecule has 0 aliphatic heterocycles. The fourth-order valence-corrected chi connectivity index (χ4v) is 0.865. The summed E-state index contributed by atoms with van der Waals surface area (Å²) in [6.45, 7) is 0. The fraction of sp³-hybridized carbons (Fsp3) is 0. The summed E-state index contributed by atoms with van der Waals surface area (Å²) in [5, 5.41) is 0.192. The summed E-state index contributed by atoms with van der Waals surface area (Å²) in [6, 6.07) is 1.67. The highest BCUT2D eigenvalue weighted by Crippen LogP contribution is 2.15. The van der Waals surface area contributed by atoms with Crippen LogP contribution < -0.4 is 5.56 Å². The second-order valence-corrected chi connectivity index (χ2v) is 2.70. The van der Waals surface area contributed by atoms with Crippen molar-refractivity contribution >= 4 is 27.5 Å². The van der Waals surface area contributed by atoms with Crippen molar-refractivity contribution in [1.82, 2.24) is 4.98 Å². The second-order valence-electron chi connectivity index (χ2n) is 1.47. The van der Waals surface area contributed by atoms with Crippen molar-refractivity contribution in [3.63, 3.8) is 0 Å². The number of aromatic nitrogens is 1. The molecular formula is C5H3BrClNO. The lowest BCUT2D eigenvalue weighted by Gasteiger charge is -1.89. The third kappa shape index (κ3) is 1.34. The fourth-order valence-electron chi connectivity index (χ4n) is 0.436. The number of aromatic amines is 1. The van der Waals surface area contributed by atoms with E-state index in [0.717, 1.165) is 0 Å². The lowest BCUT2D eigenvalue weighted by Crippen LogP contribution is -2.04. The van der Waals surface area contributed by atoms with Gasteiger partial charge in [0, 0.05) is 10.7 Å². The minimum atomic E-state index is -0.272. The maximum Gasteiger partial charge on any atom is 0.267 e. The Bertz CT molecular complexity index is 270. The van der Waals surface area contributed by atoms with Gasteiger partial charge < -0.3 is 4.98 Å². The molecule has 0 fully saturated rings. The molecule has 0 radical (unpaired) electrons. The van der Waals surface area contributed by atoms with E-state index < -0.39 is 0 Å². The van der Waals surface area contributed by atoms with E-state index in [2.05, 4.69) is 20.9 Å². The van der Waals surface area contributed by atoms with E-state index >= 15 is 0 Å². The van der Waals surface area contributed by atoms with E-state index in [0.29, 0.717) is 4.47 Å². The number of rotatable bonds is 0. The van der Waals surface area contributed by atoms with E-state index in [1.807, 2.05) is 0 Å². The molecule has 0 aliphatic rings. The third-order valence-electron chi connectivity index (χ3n) is 0.853. The van der Waals surface area contributed by atoms with E-state index in [1.165, 1.54) is 6.20 Å². The molecule has 9 heavy (non-hydrogen) atoms. The van der Waals surface area contributed by atoms with E-state index in [4.69, 9.17) is 11.6 Å². The van der Waals surface area contributed by atoms with Crippen molar-refractivity contribution < 1.29 is 0 Å². The molecule has 0 atom stereocenters. The van der Waals surface area contributed by atoms with Gasteiger partial charge in [0.15, 0.2) is 0 Å². The molecule has 2 nitrogen and oxygen atoms in total. The molecule has 1 rings (SSSR count). The third-order valence-corrected chi connectivity index (χ3v) is 2.12. The Kier molecular flexibility index (Phi) is 1.93. The monoisotopic (exact) mass is 207 g/mol. The Labute approximate surface area is 65.0 Å². The zero-order valence-electron chi connectivity index (χ0n) is 4.32. The van der Waals surface area contributed by atoms with E-state index in [1.54, 1.807) is 6.07 Å². The van der Waals surface area contributed by atoms with Gasteiger partial charge in [-0.25, -0.2) is 0 Å². The Balaban J connectivity index is 3.43. The van der Waals surface area contributed by atoms with Crippen LogP contribution in [0, 0.1) is 0 Å². The standard InChI is InChI=1S/C5H3BrClNO/c6-3-1-2-8-5(9)4(3)7/h1-2H,(H,8,9). The Morgan fingerprint density at radius 2 is 2.33 bits per heavy atom. The van der Waals surface area contributed by atoms with Gasteiger partial charge in [0.05, 0.1) is 0 Å². The summed E-state index contributed by atoms with van der Waals surface area (Å²) in [7, 11) is 0. The average Bonchev–Trinajstić information content (AvgIpc) is 1.83. The summed E-state index contributed by atoms with van der Waals surface area (Å²) >= 11 is 8.58. The molecule has 1 N–H and O–H groups in total. The van der Waals surface area contributed by atoms with Crippen molar-refractivity contribution in [3.8, 4) is 0 Å². The molecule has 0 aliphatic carbocycles. The van der Waals surface area contributed by atoms with Crippen LogP contribution in [-0.4, -0.2) is 4.98 Å². The van der Waals surface area contributed by atoms with Gasteiger partial charge >= 0.3 is 0 Å². The highest BCUT2D eigenvalue weighted by molar-refractivity contribution is 9.10. The largest absolute Gasteiger partial charge is 0.328 e. The number of pyridine rings is 1. The van der Waals surface area contributed by atoms with Gasteiger partial charge in [-0.3, -0.25) is 4.79 Å². The van der Waals surface area contributed by atoms with E-state index in [-0.39, 0.29) is 10.6 Å². The number of hydrogen-bond donors (Lipinski definition) is 1. The molecule has 1 heterocycles. The first kappa shape index (κ1) is 6.83. The van der Waals surface area contributed by atoms with Crippen molar-refractivity contribution in [2.24, 2.45) is 0 Å². The van der Waals surface area contributed by atoms with Gasteiger partial charge in [-0.15, -0.1) is 0 Å². The van der Waals surface area contributed by atoms with Crippen LogP contribution in [0.3, 0.4) is 0 Å². The predicted octanol–water partition coefficient (Wildman–Crippen LogP) is 1.79. The van der Waals surface area contributed by atoms with Crippen molar-refractivity contribution in [2.75, 3.05) is 0 Å². The number of hydrogen-bond acceptors (Lipinski definition) is 1. The average molecular weight is 208 g/mol. The van der Waals surface area contributed by atoms with Gasteiger partial charge in [0.1, 0.15) is 5.02 Å². The van der Waals surface area contributed by atoms with Crippen LogP contribution in [0.25, 0.3) is 0 Å². The lowest BCUT2D eigenvalue weighted by atomic mass is 10.5. The number of nitrogens with one attached hydrogen (secondary N) is 1. The van der Waals surface area contributed by atoms with Crippen LogP contribution in [0.2, 0.25) is 5.02 Å². The first-order valence-electron chi connectivity index (χ1n) is 2.24. The highest BCUT2D eigenvalue weighted by atomic mass is 79.9. The zero-order valence-corrected chi connectivity index (χ0v) is 6.66. The molecule has 0 unspecified atom stereocenters. The number of halogens is 2. The SMILES string of the molecule is O=c1[nH]ccc(Br)c1Cl. The molecule has 1 aromatic heterocycles. The quantitative estimate of drug-likeness (QED) is 0.693. The summed E-state index contributed by atoms with van der Waals surface area (Å²) in [5.41, 5.74) is -0.272. The molecule has 0 amide bonds. The molecule has 0 saturated carbocycles. The second kappa shape index (κ2) is 2.54. The molecule has 48 valence electrons. The van der Waals surface area contributed by atoms with E-state index in [9.17, 15) is 4.79 Å². The van der Waals surface area contributed by atoms with Crippen LogP contribution in [-0.2, 0) is 0 Å². The Morgan fingerprint density at radius 1 is 1.67 bits per heavy atom. The van der Waals surface area contributed by atoms with Gasteiger partial charge in [-0.1, -0.05) is 11.6 Å². The maximum absolute atomic E-state index is 10.6. The molecule has 0 aromatic carbocycles. The lowest BCUT2D eigenvalue weighted by molar-refractivity contribution is 1.23. The number of H-pyrrole nitrogens is 1. The van der Waals surface area contributed by atoms with Crippen LogP contribution in [0.4, 0.5) is 0 Å². The predicted molar refractivity (Wildman–Crippen MR) is 39.8 cm³/mol. The van der Waals surface area contributed by atoms with Crippen LogP contribution in [0.1, 0.15) is 0 Å². The topological polar surface area (TPSA) is 32.9 Å². The summed E-state index contributed by atoms with van der Waals surface area (Å²) < 4.78 is 0.618. The summed E-state index contributed by atoms with van der Waals surface area (Å²) in [4.78, 5) is 13.0. The molecule has 1 aromatic rings. The van der Waals surface area contributed by atoms with Gasteiger partial charge in [-0.05, 0) is 22.0 Å². The first-order valence-corrected chi connectivity index (χ1v) is 3.41. The Hall–Kier alpha value is -0.280. The Morgan fingerprint density at radius 3 is 2.78 bits per heavy atom. The summed E-state index contributed by atoms with van der Waals surface area (Å²) in [6.07, 6.45) is 1.53. The minimum Gasteiger partial charge on any atom is -0.328 e. The van der Waals surface area contributed by atoms with Crippen molar-refractivity contribution in [3.05, 3.63) is 32.1 Å². The highest BCUT2D eigenvalue weighted by Gasteiger charge is 1.97. The molecule has 0 saturated heterocycles. The minimum absolute atomic E-state index is 0.192. The van der Waals surface area contributed by atoms with Crippen molar-refractivity contribution in [1.29, 1.82) is 0 Å². The smallest absolute Gasteiger partial charge is 0.267 e. The van der Waals surface area contributed by atoms with Crippen LogP contribution >= 0.6 is 27.5 Å². The maximum atomic E-state index is 10.6. The zero-order chi connectivity index (χ0) is 6.85. The van der Waals surface area contributed by atoms with Crippen molar-refractivity contribution in [2.45, 2.75) is 0 Å². The van der Waals surface area contributed by atoms with Gasteiger partial charge in [0.2, 0.25) is 0 Å². The molecule has 0 spiro atoms. The molecular weight excluding hydrogens is 205 g/mol. The van der Waals surface area contributed by atoms with Crippen LogP contribution in [0.5, 0.6) is 0 Å². The van der Waals surface area contributed by atoms with Gasteiger partial charge in [-0.2, -0.15) is 0 Å². The summed E-state index contributed by atoms with van der Waals surface area (Å²) in [5.74, 6) is 0. The van der Waals surface area contributed by atoms with Gasteiger partial charge in [0.25, 0.3) is 5.56 Å². The van der Waals surface area contributed by atoms with Crippen LogP contribution in [0.15, 0.2) is 21.5 Å². The molecule has 4 heteroatoms. The normalized spacial score (nSPS) is 9.56. The molecule has 0 bridgehead atoms. The first-order chi connectivity index (χ1) is 4.22.